The van der Waals surface area contributed by atoms with Crippen LogP contribution in [0, 0.1) is 18.3 Å². The van der Waals surface area contributed by atoms with Crippen molar-refractivity contribution in [3.63, 3.8) is 0 Å². The lowest BCUT2D eigenvalue weighted by Gasteiger charge is -2.09. The Bertz CT molecular complexity index is 543. The molecule has 2 aromatic rings. The molecule has 1 nitrogen and oxygen atoms in total. The number of aryl methyl sites for hydroxylation is 1. The van der Waals surface area contributed by atoms with Gasteiger partial charge in [0.25, 0.3) is 0 Å². The quantitative estimate of drug-likeness (QED) is 0.754. The third-order valence-corrected chi connectivity index (χ3v) is 3.85. The summed E-state index contributed by atoms with van der Waals surface area (Å²) >= 11 is 1.74. The summed E-state index contributed by atoms with van der Waals surface area (Å²) in [6, 6.07) is 20.8. The van der Waals surface area contributed by atoms with Crippen LogP contribution in [0.15, 0.2) is 59.5 Å². The topological polar surface area (TPSA) is 23.8 Å². The van der Waals surface area contributed by atoms with E-state index in [2.05, 4.69) is 37.3 Å². The van der Waals surface area contributed by atoms with Crippen LogP contribution in [0.4, 0.5) is 0 Å². The maximum absolute atomic E-state index is 9.25. The molecule has 0 radical (unpaired) electrons. The monoisotopic (exact) mass is 253 g/mol. The van der Waals surface area contributed by atoms with Crippen LogP contribution in [0.25, 0.3) is 0 Å². The van der Waals surface area contributed by atoms with Crippen molar-refractivity contribution < 1.29 is 0 Å². The van der Waals surface area contributed by atoms with Gasteiger partial charge < -0.3 is 0 Å². The maximum Gasteiger partial charge on any atom is 0.0806 e. The Hall–Kier alpha value is -1.72. The summed E-state index contributed by atoms with van der Waals surface area (Å²) in [5.41, 5.74) is 2.35. The zero-order valence-electron chi connectivity index (χ0n) is 10.3. The van der Waals surface area contributed by atoms with Crippen molar-refractivity contribution in [3.05, 3.63) is 65.7 Å². The summed E-state index contributed by atoms with van der Waals surface area (Å²) in [6.45, 7) is 2.09. The molecule has 2 heteroatoms. The molecule has 0 bridgehead atoms. The van der Waals surface area contributed by atoms with Crippen LogP contribution in [0.1, 0.15) is 17.0 Å². The molecular weight excluding hydrogens is 238 g/mol. The van der Waals surface area contributed by atoms with Gasteiger partial charge in [-0.1, -0.05) is 48.0 Å². The van der Waals surface area contributed by atoms with Gasteiger partial charge in [-0.05, 0) is 24.6 Å². The van der Waals surface area contributed by atoms with E-state index >= 15 is 0 Å². The Kier molecular flexibility index (Phi) is 4.44. The molecule has 0 heterocycles. The Labute approximate surface area is 112 Å². The molecule has 90 valence electrons. The minimum atomic E-state index is -0.0447. The van der Waals surface area contributed by atoms with Gasteiger partial charge >= 0.3 is 0 Å². The highest BCUT2D eigenvalue weighted by atomic mass is 32.2. The van der Waals surface area contributed by atoms with Crippen molar-refractivity contribution in [2.24, 2.45) is 0 Å². The molecule has 18 heavy (non-hydrogen) atoms. The number of nitrogens with zero attached hydrogens (tertiary/aromatic N) is 1. The fraction of sp³-hybridized carbons (Fsp3) is 0.188. The second-order valence-corrected chi connectivity index (χ2v) is 5.31. The van der Waals surface area contributed by atoms with Gasteiger partial charge in [-0.25, -0.2) is 0 Å². The van der Waals surface area contributed by atoms with E-state index < -0.39 is 0 Å². The lowest BCUT2D eigenvalue weighted by molar-refractivity contribution is 0.996. The maximum atomic E-state index is 9.25. The van der Waals surface area contributed by atoms with Gasteiger partial charge in [-0.2, -0.15) is 5.26 Å². The SMILES string of the molecule is Cc1cccc(SCC(C#N)c2ccccc2)c1. The summed E-state index contributed by atoms with van der Waals surface area (Å²) < 4.78 is 0. The van der Waals surface area contributed by atoms with Crippen molar-refractivity contribution in [2.75, 3.05) is 5.75 Å². The van der Waals surface area contributed by atoms with E-state index in [1.165, 1.54) is 10.5 Å². The van der Waals surface area contributed by atoms with Crippen LogP contribution in [0.2, 0.25) is 0 Å². The molecule has 0 saturated carbocycles. The van der Waals surface area contributed by atoms with Gasteiger partial charge in [0.05, 0.1) is 12.0 Å². The average Bonchev–Trinajstić information content (AvgIpc) is 2.41. The third-order valence-electron chi connectivity index (χ3n) is 2.76. The molecule has 2 aromatic carbocycles. The number of hydrogen-bond donors (Lipinski definition) is 0. The van der Waals surface area contributed by atoms with E-state index in [1.807, 2.05) is 30.3 Å². The van der Waals surface area contributed by atoms with E-state index in [0.29, 0.717) is 0 Å². The highest BCUT2D eigenvalue weighted by Crippen LogP contribution is 2.26. The number of rotatable bonds is 4. The third kappa shape index (κ3) is 3.38. The summed E-state index contributed by atoms with van der Waals surface area (Å²) in [7, 11) is 0. The molecule has 1 atom stereocenters. The summed E-state index contributed by atoms with van der Waals surface area (Å²) in [4.78, 5) is 1.23. The first kappa shape index (κ1) is 12.7. The molecule has 1 unspecified atom stereocenters. The minimum absolute atomic E-state index is 0.0447. The van der Waals surface area contributed by atoms with Crippen LogP contribution >= 0.6 is 11.8 Å². The minimum Gasteiger partial charge on any atom is -0.198 e. The average molecular weight is 253 g/mol. The first-order chi connectivity index (χ1) is 8.79. The molecule has 0 aliphatic carbocycles. The van der Waals surface area contributed by atoms with Crippen LogP contribution < -0.4 is 0 Å². The standard InChI is InChI=1S/C16H15NS/c1-13-6-5-9-16(10-13)18-12-15(11-17)14-7-3-2-4-8-14/h2-10,15H,12H2,1H3. The second kappa shape index (κ2) is 6.28. The number of hydrogen-bond acceptors (Lipinski definition) is 2. The highest BCUT2D eigenvalue weighted by Gasteiger charge is 2.10. The Morgan fingerprint density at radius 1 is 1.11 bits per heavy atom. The summed E-state index contributed by atoms with van der Waals surface area (Å²) in [6.07, 6.45) is 0. The Morgan fingerprint density at radius 3 is 2.56 bits per heavy atom. The van der Waals surface area contributed by atoms with Gasteiger partial charge in [-0.15, -0.1) is 11.8 Å². The van der Waals surface area contributed by atoms with Crippen molar-refractivity contribution in [3.8, 4) is 6.07 Å². The second-order valence-electron chi connectivity index (χ2n) is 4.22. The Balaban J connectivity index is 2.03. The van der Waals surface area contributed by atoms with Crippen molar-refractivity contribution in [1.82, 2.24) is 0 Å². The molecular formula is C16H15NS. The first-order valence-corrected chi connectivity index (χ1v) is 6.92. The van der Waals surface area contributed by atoms with Crippen molar-refractivity contribution >= 4 is 11.8 Å². The van der Waals surface area contributed by atoms with Crippen LogP contribution in [0.3, 0.4) is 0 Å². The van der Waals surface area contributed by atoms with Gasteiger partial charge in [0.1, 0.15) is 0 Å². The predicted octanol–water partition coefficient (Wildman–Crippen LogP) is 4.39. The molecule has 0 aliphatic heterocycles. The van der Waals surface area contributed by atoms with Crippen molar-refractivity contribution in [2.45, 2.75) is 17.7 Å². The zero-order chi connectivity index (χ0) is 12.8. The van der Waals surface area contributed by atoms with Gasteiger partial charge in [0.2, 0.25) is 0 Å². The van der Waals surface area contributed by atoms with E-state index in [9.17, 15) is 5.26 Å². The largest absolute Gasteiger partial charge is 0.198 e. The lowest BCUT2D eigenvalue weighted by Crippen LogP contribution is -1.98. The smallest absolute Gasteiger partial charge is 0.0806 e. The fourth-order valence-electron chi connectivity index (χ4n) is 1.78. The molecule has 0 fully saturated rings. The highest BCUT2D eigenvalue weighted by molar-refractivity contribution is 7.99. The summed E-state index contributed by atoms with van der Waals surface area (Å²) in [5.74, 6) is 0.751. The normalized spacial score (nSPS) is 11.8. The molecule has 0 amide bonds. The summed E-state index contributed by atoms with van der Waals surface area (Å²) in [5, 5.41) is 9.25. The van der Waals surface area contributed by atoms with E-state index in [0.717, 1.165) is 11.3 Å². The number of nitriles is 1. The van der Waals surface area contributed by atoms with Gasteiger partial charge in [0.15, 0.2) is 0 Å². The number of benzene rings is 2. The zero-order valence-corrected chi connectivity index (χ0v) is 11.2. The fourth-order valence-corrected chi connectivity index (χ4v) is 2.85. The molecule has 0 aliphatic rings. The molecule has 0 spiro atoms. The Morgan fingerprint density at radius 2 is 1.89 bits per heavy atom. The predicted molar refractivity (Wildman–Crippen MR) is 76.7 cm³/mol. The van der Waals surface area contributed by atoms with Crippen molar-refractivity contribution in [1.29, 1.82) is 5.26 Å². The molecule has 0 saturated heterocycles. The van der Waals surface area contributed by atoms with Crippen LogP contribution in [-0.4, -0.2) is 5.75 Å². The molecule has 0 N–H and O–H groups in total. The molecule has 0 aromatic heterocycles. The molecule has 2 rings (SSSR count). The lowest BCUT2D eigenvalue weighted by atomic mass is 10.0. The van der Waals surface area contributed by atoms with E-state index in [4.69, 9.17) is 0 Å². The van der Waals surface area contributed by atoms with Gasteiger partial charge in [0, 0.05) is 10.6 Å². The van der Waals surface area contributed by atoms with Gasteiger partial charge in [-0.3, -0.25) is 0 Å². The number of thioether (sulfide) groups is 1. The van der Waals surface area contributed by atoms with E-state index in [-0.39, 0.29) is 5.92 Å². The van der Waals surface area contributed by atoms with Crippen LogP contribution in [0.5, 0.6) is 0 Å². The first-order valence-electron chi connectivity index (χ1n) is 5.93. The van der Waals surface area contributed by atoms with Crippen LogP contribution in [-0.2, 0) is 0 Å². The van der Waals surface area contributed by atoms with E-state index in [1.54, 1.807) is 11.8 Å².